The van der Waals surface area contributed by atoms with Crippen LogP contribution in [0.3, 0.4) is 0 Å². The van der Waals surface area contributed by atoms with Crippen LogP contribution in [0.15, 0.2) is 48.9 Å². The van der Waals surface area contributed by atoms with Crippen molar-refractivity contribution in [1.29, 1.82) is 0 Å². The van der Waals surface area contributed by atoms with Crippen LogP contribution in [0.5, 0.6) is 5.75 Å². The van der Waals surface area contributed by atoms with E-state index in [0.29, 0.717) is 40.6 Å². The normalized spacial score (nSPS) is 17.6. The maximum Gasteiger partial charge on any atom is 0.134 e. The monoisotopic (exact) mass is 507 g/mol. The number of benzene rings is 1. The van der Waals surface area contributed by atoms with Crippen LogP contribution < -0.4 is 4.74 Å². The highest BCUT2D eigenvalue weighted by molar-refractivity contribution is 6.31. The third-order valence-corrected chi connectivity index (χ3v) is 6.72. The van der Waals surface area contributed by atoms with E-state index in [1.807, 2.05) is 38.1 Å². The number of likely N-dealkylation sites (tertiary alicyclic amines) is 1. The number of nitrogens with zero attached hydrogens (tertiary/aromatic N) is 4. The molecule has 4 aromatic rings. The van der Waals surface area contributed by atoms with Gasteiger partial charge in [-0.15, -0.1) is 0 Å². The van der Waals surface area contributed by atoms with Crippen LogP contribution in [0.1, 0.15) is 47.5 Å². The molecule has 0 spiro atoms. The molecule has 0 saturated carbocycles. The van der Waals surface area contributed by atoms with E-state index in [-0.39, 0.29) is 12.2 Å². The minimum absolute atomic E-state index is 0.277. The smallest absolute Gasteiger partial charge is 0.134 e. The summed E-state index contributed by atoms with van der Waals surface area (Å²) in [6.07, 6.45) is 6.51. The first kappa shape index (κ1) is 24.4. The maximum absolute atomic E-state index is 15.1. The number of aromatic nitrogens is 4. The number of aliphatic hydroxyl groups is 1. The van der Waals surface area contributed by atoms with Crippen LogP contribution in [-0.4, -0.2) is 49.4 Å². The van der Waals surface area contributed by atoms with E-state index in [1.54, 1.807) is 18.5 Å². The van der Waals surface area contributed by atoms with E-state index in [0.717, 1.165) is 35.2 Å². The summed E-state index contributed by atoms with van der Waals surface area (Å²) in [7, 11) is 0. The van der Waals surface area contributed by atoms with E-state index in [2.05, 4.69) is 25.1 Å². The van der Waals surface area contributed by atoms with E-state index in [9.17, 15) is 5.11 Å². The molecule has 2 N–H and O–H groups in total. The number of ether oxygens (including phenoxy) is 1. The standard InChI is InChI=1S/C27H27ClFN5O2/c1-16-11-30-13-23(28)27(16)17(2)36-21-5-6-25-22(9-21)26(33-32-25)10-24(29)18-3-4-19(31-12-18)14-34-8-7-20(35)15-34/h3-6,9-13,17,20,35H,7-8,14-15H2,1-2H3,(H,32,33)/b24-10-. The van der Waals surface area contributed by atoms with Crippen LogP contribution in [0, 0.1) is 6.92 Å². The van der Waals surface area contributed by atoms with Gasteiger partial charge in [-0.1, -0.05) is 11.6 Å². The molecule has 1 saturated heterocycles. The second-order valence-electron chi connectivity index (χ2n) is 9.14. The third-order valence-electron chi connectivity index (χ3n) is 6.42. The number of aromatic amines is 1. The summed E-state index contributed by atoms with van der Waals surface area (Å²) >= 11 is 6.34. The molecule has 0 aliphatic carbocycles. The van der Waals surface area contributed by atoms with Gasteiger partial charge in [-0.25, -0.2) is 4.39 Å². The van der Waals surface area contributed by atoms with Crippen molar-refractivity contribution in [2.24, 2.45) is 0 Å². The van der Waals surface area contributed by atoms with Gasteiger partial charge in [0.05, 0.1) is 28.0 Å². The summed E-state index contributed by atoms with van der Waals surface area (Å²) in [6, 6.07) is 9.03. The maximum atomic E-state index is 15.1. The fraction of sp³-hybridized carbons (Fsp3) is 0.296. The van der Waals surface area contributed by atoms with Gasteiger partial charge in [-0.05, 0) is 56.2 Å². The van der Waals surface area contributed by atoms with Crippen molar-refractivity contribution in [3.05, 3.63) is 82.0 Å². The Bertz CT molecular complexity index is 1390. The number of nitrogens with one attached hydrogen (secondary N) is 1. The second kappa shape index (κ2) is 10.3. The number of fused-ring (bicyclic) bond motifs is 1. The first-order valence-electron chi connectivity index (χ1n) is 11.8. The number of H-pyrrole nitrogens is 1. The predicted octanol–water partition coefficient (Wildman–Crippen LogP) is 5.49. The Kier molecular flexibility index (Phi) is 7.00. The van der Waals surface area contributed by atoms with Gasteiger partial charge in [0.25, 0.3) is 0 Å². The molecule has 1 aliphatic rings. The topological polar surface area (TPSA) is 87.2 Å². The zero-order valence-corrected chi connectivity index (χ0v) is 20.8. The van der Waals surface area contributed by atoms with Crippen molar-refractivity contribution in [2.75, 3.05) is 13.1 Å². The Labute approximate surface area is 213 Å². The fourth-order valence-corrected chi connectivity index (χ4v) is 4.93. The van der Waals surface area contributed by atoms with E-state index < -0.39 is 5.83 Å². The number of rotatable bonds is 7. The first-order valence-corrected chi connectivity index (χ1v) is 12.2. The SMILES string of the molecule is Cc1cncc(Cl)c1C(C)Oc1ccc2n[nH]c(/C=C(\F)c3ccc(CN4CCC(O)C4)nc3)c2c1. The molecule has 186 valence electrons. The molecule has 9 heteroatoms. The average molecular weight is 508 g/mol. The number of hydrogen-bond acceptors (Lipinski definition) is 6. The Morgan fingerprint density at radius 1 is 1.31 bits per heavy atom. The number of aliphatic hydroxyl groups excluding tert-OH is 1. The third kappa shape index (κ3) is 5.26. The lowest BCUT2D eigenvalue weighted by atomic mass is 10.1. The van der Waals surface area contributed by atoms with Crippen LogP contribution in [0.2, 0.25) is 5.02 Å². The zero-order chi connectivity index (χ0) is 25.2. The van der Waals surface area contributed by atoms with Crippen molar-refractivity contribution >= 4 is 34.4 Å². The molecule has 2 unspecified atom stereocenters. The van der Waals surface area contributed by atoms with Crippen molar-refractivity contribution in [2.45, 2.75) is 39.0 Å². The lowest BCUT2D eigenvalue weighted by Crippen LogP contribution is -2.21. The number of aryl methyl sites for hydroxylation is 1. The minimum Gasteiger partial charge on any atom is -0.486 e. The Morgan fingerprint density at radius 3 is 2.89 bits per heavy atom. The number of hydrogen-bond donors (Lipinski definition) is 2. The molecular weight excluding hydrogens is 481 g/mol. The predicted molar refractivity (Wildman–Crippen MR) is 138 cm³/mol. The first-order chi connectivity index (χ1) is 17.4. The largest absolute Gasteiger partial charge is 0.486 e. The van der Waals surface area contributed by atoms with E-state index in [1.165, 1.54) is 12.3 Å². The van der Waals surface area contributed by atoms with Crippen molar-refractivity contribution in [3.63, 3.8) is 0 Å². The van der Waals surface area contributed by atoms with Crippen molar-refractivity contribution in [3.8, 4) is 5.75 Å². The van der Waals surface area contributed by atoms with Crippen molar-refractivity contribution < 1.29 is 14.2 Å². The Hall–Kier alpha value is -3.33. The molecule has 0 bridgehead atoms. The van der Waals surface area contributed by atoms with Crippen LogP contribution >= 0.6 is 11.6 Å². The Balaban J connectivity index is 1.34. The van der Waals surface area contributed by atoms with Crippen LogP contribution in [0.4, 0.5) is 4.39 Å². The summed E-state index contributed by atoms with van der Waals surface area (Å²) in [5.74, 6) is 0.201. The molecule has 4 heterocycles. The fourth-order valence-electron chi connectivity index (χ4n) is 4.57. The van der Waals surface area contributed by atoms with Crippen LogP contribution in [0.25, 0.3) is 22.8 Å². The summed E-state index contributed by atoms with van der Waals surface area (Å²) in [5, 5.41) is 18.2. The molecule has 7 nitrogen and oxygen atoms in total. The number of pyridine rings is 2. The molecule has 3 aromatic heterocycles. The van der Waals surface area contributed by atoms with E-state index >= 15 is 4.39 Å². The molecule has 1 fully saturated rings. The second-order valence-corrected chi connectivity index (χ2v) is 9.54. The lowest BCUT2D eigenvalue weighted by molar-refractivity contribution is 0.174. The van der Waals surface area contributed by atoms with Gasteiger partial charge < -0.3 is 9.84 Å². The van der Waals surface area contributed by atoms with Gasteiger partial charge in [0.2, 0.25) is 0 Å². The lowest BCUT2D eigenvalue weighted by Gasteiger charge is -2.18. The molecule has 0 amide bonds. The zero-order valence-electron chi connectivity index (χ0n) is 20.1. The molecule has 1 aromatic carbocycles. The van der Waals surface area contributed by atoms with Gasteiger partial charge in [-0.3, -0.25) is 20.0 Å². The minimum atomic E-state index is -0.421. The molecular formula is C27H27ClFN5O2. The van der Waals surface area contributed by atoms with Crippen molar-refractivity contribution in [1.82, 2.24) is 25.1 Å². The highest BCUT2D eigenvalue weighted by Crippen LogP contribution is 2.32. The quantitative estimate of drug-likeness (QED) is 0.344. The van der Waals surface area contributed by atoms with Gasteiger partial charge in [0.15, 0.2) is 0 Å². The molecule has 5 rings (SSSR count). The summed E-state index contributed by atoms with van der Waals surface area (Å²) < 4.78 is 21.3. The molecule has 36 heavy (non-hydrogen) atoms. The molecule has 2 atom stereocenters. The Morgan fingerprint density at radius 2 is 2.17 bits per heavy atom. The summed E-state index contributed by atoms with van der Waals surface area (Å²) in [4.78, 5) is 10.6. The van der Waals surface area contributed by atoms with E-state index in [4.69, 9.17) is 16.3 Å². The average Bonchev–Trinajstić information content (AvgIpc) is 3.44. The van der Waals surface area contributed by atoms with Gasteiger partial charge in [0.1, 0.15) is 17.7 Å². The van der Waals surface area contributed by atoms with Crippen LogP contribution in [-0.2, 0) is 6.54 Å². The van der Waals surface area contributed by atoms with Gasteiger partial charge >= 0.3 is 0 Å². The van der Waals surface area contributed by atoms with Gasteiger partial charge in [0, 0.05) is 60.8 Å². The van der Waals surface area contributed by atoms with Gasteiger partial charge in [-0.2, -0.15) is 5.10 Å². The molecule has 1 aliphatic heterocycles. The summed E-state index contributed by atoms with van der Waals surface area (Å²) in [6.45, 7) is 5.99. The highest BCUT2D eigenvalue weighted by atomic mass is 35.5. The molecule has 0 radical (unpaired) electrons. The number of halogens is 2. The summed E-state index contributed by atoms with van der Waals surface area (Å²) in [5.41, 5.74) is 4.28. The number of β-amino-alcohol motifs (C(OH)–C–C–N with tert-alkyl or cyclic N) is 1. The highest BCUT2D eigenvalue weighted by Gasteiger charge is 2.20.